The van der Waals surface area contributed by atoms with Gasteiger partial charge in [-0.15, -0.1) is 0 Å². The summed E-state index contributed by atoms with van der Waals surface area (Å²) in [5.74, 6) is 0.815. The van der Waals surface area contributed by atoms with Crippen LogP contribution in [-0.2, 0) is 4.84 Å². The van der Waals surface area contributed by atoms with Crippen molar-refractivity contribution in [3.8, 4) is 5.75 Å². The van der Waals surface area contributed by atoms with Gasteiger partial charge in [0.25, 0.3) is 0 Å². The summed E-state index contributed by atoms with van der Waals surface area (Å²) in [5, 5.41) is 3.64. The normalized spacial score (nSPS) is 10.2. The third-order valence-electron chi connectivity index (χ3n) is 1.40. The predicted octanol–water partition coefficient (Wildman–Crippen LogP) is 1.68. The SMILES string of the molecule is CON=Cc1cccc(OC)c1. The molecule has 1 aromatic carbocycles. The lowest BCUT2D eigenvalue weighted by molar-refractivity contribution is 0.215. The fourth-order valence-electron chi connectivity index (χ4n) is 0.835. The van der Waals surface area contributed by atoms with Crippen LogP contribution >= 0.6 is 0 Å². The van der Waals surface area contributed by atoms with Crippen molar-refractivity contribution in [3.05, 3.63) is 29.8 Å². The van der Waals surface area contributed by atoms with Crippen molar-refractivity contribution in [3.63, 3.8) is 0 Å². The molecular weight excluding hydrogens is 154 g/mol. The minimum atomic E-state index is 0.815. The van der Waals surface area contributed by atoms with Crippen molar-refractivity contribution < 1.29 is 9.57 Å². The molecule has 0 N–H and O–H groups in total. The van der Waals surface area contributed by atoms with Crippen LogP contribution in [0.2, 0.25) is 0 Å². The van der Waals surface area contributed by atoms with Gasteiger partial charge in [-0.1, -0.05) is 17.3 Å². The molecule has 0 heterocycles. The van der Waals surface area contributed by atoms with E-state index in [0.717, 1.165) is 11.3 Å². The lowest BCUT2D eigenvalue weighted by Crippen LogP contribution is -1.85. The van der Waals surface area contributed by atoms with Gasteiger partial charge >= 0.3 is 0 Å². The van der Waals surface area contributed by atoms with Crippen LogP contribution in [0.4, 0.5) is 0 Å². The topological polar surface area (TPSA) is 30.8 Å². The Labute approximate surface area is 71.6 Å². The van der Waals surface area contributed by atoms with Crippen molar-refractivity contribution in [1.29, 1.82) is 0 Å². The van der Waals surface area contributed by atoms with Gasteiger partial charge in [0, 0.05) is 0 Å². The lowest BCUT2D eigenvalue weighted by atomic mass is 10.2. The fourth-order valence-corrected chi connectivity index (χ4v) is 0.835. The van der Waals surface area contributed by atoms with E-state index in [1.165, 1.54) is 7.11 Å². The summed E-state index contributed by atoms with van der Waals surface area (Å²) < 4.78 is 5.03. The molecule has 0 aliphatic carbocycles. The molecule has 0 aliphatic heterocycles. The van der Waals surface area contributed by atoms with Crippen LogP contribution in [0.5, 0.6) is 5.75 Å². The zero-order valence-electron chi connectivity index (χ0n) is 7.15. The number of oxime groups is 1. The quantitative estimate of drug-likeness (QED) is 0.504. The Balaban J connectivity index is 2.79. The second-order valence-corrected chi connectivity index (χ2v) is 2.19. The van der Waals surface area contributed by atoms with Crippen molar-refractivity contribution in [2.75, 3.05) is 14.2 Å². The molecule has 0 amide bonds. The number of benzene rings is 1. The molecule has 0 saturated carbocycles. The number of hydrogen-bond acceptors (Lipinski definition) is 3. The maximum absolute atomic E-state index is 5.03. The molecule has 0 unspecified atom stereocenters. The predicted molar refractivity (Wildman–Crippen MR) is 47.6 cm³/mol. The maximum atomic E-state index is 5.03. The van der Waals surface area contributed by atoms with Crippen LogP contribution in [0, 0.1) is 0 Å². The van der Waals surface area contributed by atoms with E-state index in [0.29, 0.717) is 0 Å². The van der Waals surface area contributed by atoms with Crippen LogP contribution in [-0.4, -0.2) is 20.4 Å². The molecule has 0 bridgehead atoms. The molecule has 64 valence electrons. The Kier molecular flexibility index (Phi) is 3.14. The van der Waals surface area contributed by atoms with Crippen LogP contribution in [0.25, 0.3) is 0 Å². The van der Waals surface area contributed by atoms with Gasteiger partial charge in [0.1, 0.15) is 12.9 Å². The van der Waals surface area contributed by atoms with E-state index in [1.807, 2.05) is 24.3 Å². The van der Waals surface area contributed by atoms with Crippen LogP contribution in [0.1, 0.15) is 5.56 Å². The average Bonchev–Trinajstić information content (AvgIpc) is 2.15. The molecule has 0 saturated heterocycles. The minimum absolute atomic E-state index is 0.815. The minimum Gasteiger partial charge on any atom is -0.497 e. The molecule has 0 radical (unpaired) electrons. The number of methoxy groups -OCH3 is 1. The summed E-state index contributed by atoms with van der Waals surface area (Å²) in [6.07, 6.45) is 1.63. The van der Waals surface area contributed by atoms with E-state index >= 15 is 0 Å². The van der Waals surface area contributed by atoms with Crippen LogP contribution in [0.3, 0.4) is 0 Å². The van der Waals surface area contributed by atoms with Gasteiger partial charge in [-0.25, -0.2) is 0 Å². The molecule has 0 atom stereocenters. The van der Waals surface area contributed by atoms with E-state index < -0.39 is 0 Å². The molecule has 12 heavy (non-hydrogen) atoms. The highest BCUT2D eigenvalue weighted by Gasteiger charge is 1.91. The summed E-state index contributed by atoms with van der Waals surface area (Å²) in [6.45, 7) is 0. The summed E-state index contributed by atoms with van der Waals surface area (Å²) >= 11 is 0. The summed E-state index contributed by atoms with van der Waals surface area (Å²) in [4.78, 5) is 4.55. The fraction of sp³-hybridized carbons (Fsp3) is 0.222. The average molecular weight is 165 g/mol. The third-order valence-corrected chi connectivity index (χ3v) is 1.40. The summed E-state index contributed by atoms with van der Waals surface area (Å²) in [5.41, 5.74) is 0.955. The van der Waals surface area contributed by atoms with Gasteiger partial charge in [0.15, 0.2) is 0 Å². The van der Waals surface area contributed by atoms with Gasteiger partial charge in [-0.05, 0) is 17.7 Å². The Morgan fingerprint density at radius 3 is 2.83 bits per heavy atom. The number of rotatable bonds is 3. The first-order valence-electron chi connectivity index (χ1n) is 3.57. The highest BCUT2D eigenvalue weighted by Crippen LogP contribution is 2.10. The van der Waals surface area contributed by atoms with Gasteiger partial charge < -0.3 is 9.57 Å². The Morgan fingerprint density at radius 1 is 1.33 bits per heavy atom. The van der Waals surface area contributed by atoms with Crippen molar-refractivity contribution >= 4 is 6.21 Å². The smallest absolute Gasteiger partial charge is 0.119 e. The Bertz CT molecular complexity index is 271. The standard InChI is InChI=1S/C9H11NO2/c1-11-9-5-3-4-8(6-9)7-10-12-2/h3-7H,1-2H3. The van der Waals surface area contributed by atoms with E-state index in [1.54, 1.807) is 13.3 Å². The maximum Gasteiger partial charge on any atom is 0.119 e. The zero-order valence-corrected chi connectivity index (χ0v) is 7.15. The molecule has 0 aliphatic rings. The molecule has 1 rings (SSSR count). The molecule has 1 aromatic rings. The molecule has 0 fully saturated rings. The lowest BCUT2D eigenvalue weighted by Gasteiger charge is -1.98. The van der Waals surface area contributed by atoms with E-state index in [-0.39, 0.29) is 0 Å². The summed E-state index contributed by atoms with van der Waals surface area (Å²) in [7, 11) is 3.14. The summed E-state index contributed by atoms with van der Waals surface area (Å²) in [6, 6.07) is 7.58. The number of hydrogen-bond donors (Lipinski definition) is 0. The third kappa shape index (κ3) is 2.27. The monoisotopic (exact) mass is 165 g/mol. The molecule has 3 nitrogen and oxygen atoms in total. The first kappa shape index (κ1) is 8.59. The van der Waals surface area contributed by atoms with Gasteiger partial charge in [-0.3, -0.25) is 0 Å². The second kappa shape index (κ2) is 4.38. The van der Waals surface area contributed by atoms with Gasteiger partial charge in [0.05, 0.1) is 13.3 Å². The Hall–Kier alpha value is -1.51. The Morgan fingerprint density at radius 2 is 2.17 bits per heavy atom. The molecule has 3 heteroatoms. The molecule has 0 aromatic heterocycles. The van der Waals surface area contributed by atoms with Crippen LogP contribution in [0.15, 0.2) is 29.4 Å². The van der Waals surface area contributed by atoms with Crippen molar-refractivity contribution in [2.45, 2.75) is 0 Å². The number of nitrogens with zero attached hydrogens (tertiary/aromatic N) is 1. The first-order valence-corrected chi connectivity index (χ1v) is 3.57. The number of ether oxygens (including phenoxy) is 1. The largest absolute Gasteiger partial charge is 0.497 e. The van der Waals surface area contributed by atoms with E-state index in [4.69, 9.17) is 4.74 Å². The molecular formula is C9H11NO2. The van der Waals surface area contributed by atoms with E-state index in [2.05, 4.69) is 9.99 Å². The van der Waals surface area contributed by atoms with Gasteiger partial charge in [0.2, 0.25) is 0 Å². The second-order valence-electron chi connectivity index (χ2n) is 2.19. The van der Waals surface area contributed by atoms with Crippen molar-refractivity contribution in [1.82, 2.24) is 0 Å². The first-order chi connectivity index (χ1) is 5.86. The highest BCUT2D eigenvalue weighted by molar-refractivity contribution is 5.79. The van der Waals surface area contributed by atoms with E-state index in [9.17, 15) is 0 Å². The highest BCUT2D eigenvalue weighted by atomic mass is 16.6. The zero-order chi connectivity index (χ0) is 8.81. The molecule has 0 spiro atoms. The van der Waals surface area contributed by atoms with Crippen LogP contribution < -0.4 is 4.74 Å². The van der Waals surface area contributed by atoms with Crippen molar-refractivity contribution in [2.24, 2.45) is 5.16 Å². The van der Waals surface area contributed by atoms with Gasteiger partial charge in [-0.2, -0.15) is 0 Å².